The molecule has 1 aliphatic carbocycles. The monoisotopic (exact) mass is 641 g/mol. The molecule has 3 aliphatic rings. The fourth-order valence-electron chi connectivity index (χ4n) is 4.94. The molecule has 1 aromatic carbocycles. The molecule has 0 radical (unpaired) electrons. The van der Waals surface area contributed by atoms with Crippen molar-refractivity contribution < 1.29 is 27.5 Å². The van der Waals surface area contributed by atoms with E-state index in [1.165, 1.54) is 24.4 Å². The van der Waals surface area contributed by atoms with Crippen LogP contribution in [0.3, 0.4) is 0 Å². The average molecular weight is 641 g/mol. The normalized spacial score (nSPS) is 19.3. The number of ether oxygens (including phenoxy) is 1. The summed E-state index contributed by atoms with van der Waals surface area (Å²) < 4.78 is 50.8. The molecule has 202 valence electrons. The second-order valence-corrected chi connectivity index (χ2v) is 14.1. The van der Waals surface area contributed by atoms with Gasteiger partial charge in [-0.1, -0.05) is 0 Å². The molecule has 1 aromatic heterocycles. The molecule has 2 aliphatic heterocycles. The van der Waals surface area contributed by atoms with Crippen LogP contribution in [0.5, 0.6) is 0 Å². The van der Waals surface area contributed by atoms with Gasteiger partial charge in [0.1, 0.15) is 0 Å². The first kappa shape index (κ1) is 26.4. The van der Waals surface area contributed by atoms with Crippen molar-refractivity contribution in [2.75, 3.05) is 20.7 Å². The van der Waals surface area contributed by atoms with Crippen LogP contribution < -0.4 is 0 Å². The van der Waals surface area contributed by atoms with E-state index in [9.17, 15) is 22.8 Å². The third-order valence-electron chi connectivity index (χ3n) is 7.04. The predicted molar refractivity (Wildman–Crippen MR) is 142 cm³/mol. The van der Waals surface area contributed by atoms with Crippen LogP contribution in [0.25, 0.3) is 0 Å². The van der Waals surface area contributed by atoms with E-state index >= 15 is 0 Å². The van der Waals surface area contributed by atoms with E-state index < -0.39 is 37.7 Å². The molecule has 0 spiro atoms. The number of aryl methyl sites for hydroxylation is 1. The van der Waals surface area contributed by atoms with E-state index in [2.05, 4.69) is 14.9 Å². The minimum absolute atomic E-state index is 0.00556. The van der Waals surface area contributed by atoms with Gasteiger partial charge in [0.2, 0.25) is 0 Å². The van der Waals surface area contributed by atoms with Crippen LogP contribution >= 0.6 is 19.8 Å². The van der Waals surface area contributed by atoms with Gasteiger partial charge in [-0.25, -0.2) is 0 Å². The van der Waals surface area contributed by atoms with Crippen LogP contribution in [0.4, 0.5) is 22.8 Å². The van der Waals surface area contributed by atoms with E-state index in [0.717, 1.165) is 50.1 Å². The molecule has 1 saturated carbocycles. The molecule has 8 nitrogen and oxygen atoms in total. The third-order valence-corrected chi connectivity index (χ3v) is 11.8. The average Bonchev–Trinajstić information content (AvgIpc) is 3.42. The number of nitrogens with zero attached hydrogens (tertiary/aromatic N) is 5. The van der Waals surface area contributed by atoms with Gasteiger partial charge >= 0.3 is 226 Å². The zero-order chi connectivity index (χ0) is 27.2. The fraction of sp³-hybridized carbons (Fsp3) is 0.385. The molecule has 2 amide bonds. The number of allylic oxidation sites excluding steroid dienone is 1. The summed E-state index contributed by atoms with van der Waals surface area (Å²) in [6, 6.07) is 7.69. The summed E-state index contributed by atoms with van der Waals surface area (Å²) in [4.78, 5) is 27.6. The number of alkyl halides is 3. The Labute approximate surface area is 225 Å². The van der Waals surface area contributed by atoms with Gasteiger partial charge < -0.3 is 0 Å². The van der Waals surface area contributed by atoms with Crippen LogP contribution in [0.2, 0.25) is 0 Å². The van der Waals surface area contributed by atoms with E-state index in [1.807, 2.05) is 35.9 Å². The van der Waals surface area contributed by atoms with Crippen molar-refractivity contribution in [3.05, 3.63) is 78.8 Å². The topological polar surface area (TPSA) is 80.6 Å². The van der Waals surface area contributed by atoms with Crippen molar-refractivity contribution >= 4 is 29.8 Å². The van der Waals surface area contributed by atoms with Gasteiger partial charge in [-0.05, 0) is 0 Å². The number of rotatable bonds is 6. The van der Waals surface area contributed by atoms with E-state index in [0.29, 0.717) is 5.92 Å². The van der Waals surface area contributed by atoms with Crippen LogP contribution in [-0.2, 0) is 11.8 Å². The first-order valence-corrected chi connectivity index (χ1v) is 15.4. The minimum atomic E-state index is -4.66. The number of hydrogen-bond donors (Lipinski definition) is 0. The number of carbonyl (C=O) groups excluding carboxylic acids is 2. The number of fused-ring (bicyclic) bond motifs is 1. The first-order valence-electron chi connectivity index (χ1n) is 12.0. The summed E-state index contributed by atoms with van der Waals surface area (Å²) >= 11 is -2.86. The molecule has 38 heavy (non-hydrogen) atoms. The standard InChI is InChI=1S/C26H27F3IN5O3/c1-33(25(37)38-3)13-16-10-20(26(27,28)29)21-12-30(24(36)35(21)14-16)19-9-5-8-18(11-19)22(17-6-4-7-17)23-32-31-15-34(23)2/h5,8-12,14-15,17,22H,4,6-7,13H2,1-3H3/t22-/m1/s1. The van der Waals surface area contributed by atoms with Crippen molar-refractivity contribution in [2.24, 2.45) is 13.0 Å². The van der Waals surface area contributed by atoms with Gasteiger partial charge in [-0.15, -0.1) is 0 Å². The van der Waals surface area contributed by atoms with E-state index in [-0.39, 0.29) is 27.6 Å². The molecule has 0 bridgehead atoms. The maximum atomic E-state index is 14.1. The Morgan fingerprint density at radius 2 is 2.08 bits per heavy atom. The Balaban J connectivity index is 1.49. The maximum absolute atomic E-state index is 14.1. The van der Waals surface area contributed by atoms with Crippen LogP contribution in [0.1, 0.15) is 36.6 Å². The van der Waals surface area contributed by atoms with Gasteiger partial charge in [-0.2, -0.15) is 0 Å². The van der Waals surface area contributed by atoms with Gasteiger partial charge in [0.05, 0.1) is 0 Å². The Hall–Kier alpha value is -3.16. The van der Waals surface area contributed by atoms with Crippen molar-refractivity contribution in [3.63, 3.8) is 0 Å². The number of carbonyl (C=O) groups is 2. The molecular weight excluding hydrogens is 614 g/mol. The molecule has 1 fully saturated rings. The fourth-order valence-corrected chi connectivity index (χ4v) is 9.57. The summed E-state index contributed by atoms with van der Waals surface area (Å²) in [6.45, 7) is -0.131. The van der Waals surface area contributed by atoms with Crippen molar-refractivity contribution in [1.82, 2.24) is 24.6 Å². The molecule has 0 unspecified atom stereocenters. The number of likely N-dealkylation sites (N-methyl/N-ethyl adjacent to an activating group) is 1. The zero-order valence-electron chi connectivity index (χ0n) is 21.1. The zero-order valence-corrected chi connectivity index (χ0v) is 23.2. The molecule has 0 N–H and O–H groups in total. The van der Waals surface area contributed by atoms with Gasteiger partial charge in [-0.3, -0.25) is 0 Å². The van der Waals surface area contributed by atoms with Crippen LogP contribution in [0.15, 0.2) is 63.8 Å². The second kappa shape index (κ2) is 10.2. The van der Waals surface area contributed by atoms with Gasteiger partial charge in [0.15, 0.2) is 0 Å². The SMILES string of the molecule is COC(=O)N(C)CC1=CN2C(=O)I(c3cccc([C@H](c4nncn4C)C4CCC4)c3)C=C2C(C(F)(F)F)=C1. The number of amides is 2. The van der Waals surface area contributed by atoms with Gasteiger partial charge in [0.25, 0.3) is 0 Å². The summed E-state index contributed by atoms with van der Waals surface area (Å²) in [5.74, 6) is 1.25. The Morgan fingerprint density at radius 1 is 1.32 bits per heavy atom. The first-order chi connectivity index (χ1) is 18.1. The molecule has 1 atom stereocenters. The predicted octanol–water partition coefficient (Wildman–Crippen LogP) is 5.78. The number of hydrogen-bond acceptors (Lipinski definition) is 5. The summed E-state index contributed by atoms with van der Waals surface area (Å²) in [7, 11) is 4.52. The van der Waals surface area contributed by atoms with Crippen molar-refractivity contribution in [1.29, 1.82) is 0 Å². The number of benzene rings is 1. The molecular formula is C26H27F3IN5O3. The molecule has 0 saturated heterocycles. The van der Waals surface area contributed by atoms with Crippen LogP contribution in [-0.4, -0.2) is 61.4 Å². The molecule has 5 rings (SSSR count). The number of halogens is 4. The van der Waals surface area contributed by atoms with Gasteiger partial charge in [0, 0.05) is 0 Å². The van der Waals surface area contributed by atoms with Crippen molar-refractivity contribution in [3.8, 4) is 0 Å². The summed E-state index contributed by atoms with van der Waals surface area (Å²) in [5, 5.41) is 8.39. The van der Waals surface area contributed by atoms with E-state index in [4.69, 9.17) is 0 Å². The van der Waals surface area contributed by atoms with Crippen LogP contribution in [0, 0.1) is 9.49 Å². The third kappa shape index (κ3) is 4.85. The Morgan fingerprint density at radius 3 is 2.68 bits per heavy atom. The molecule has 12 heteroatoms. The second-order valence-electron chi connectivity index (χ2n) is 9.54. The van der Waals surface area contributed by atoms with E-state index in [1.54, 1.807) is 6.33 Å². The molecule has 2 aromatic rings. The summed E-state index contributed by atoms with van der Waals surface area (Å²) in [5.41, 5.74) is 0.170. The van der Waals surface area contributed by atoms with Crippen molar-refractivity contribution in [2.45, 2.75) is 31.4 Å². The summed E-state index contributed by atoms with van der Waals surface area (Å²) in [6.07, 6.45) is 1.99. The number of methoxy groups -OCH3 is 1. The molecule has 3 heterocycles. The Bertz CT molecular complexity index is 1360. The number of aromatic nitrogens is 3. The quantitative estimate of drug-likeness (QED) is 0.227. The Kier molecular flexibility index (Phi) is 7.09.